The van der Waals surface area contributed by atoms with Crippen molar-refractivity contribution < 1.29 is 0 Å². The number of nitrogens with one attached hydrogen (secondary N) is 1. The lowest BCUT2D eigenvalue weighted by Crippen LogP contribution is -2.26. The molecular weight excluding hydrogens is 252 g/mol. The van der Waals surface area contributed by atoms with E-state index >= 15 is 0 Å². The molecule has 1 heterocycles. The molecule has 0 aliphatic rings. The van der Waals surface area contributed by atoms with Gasteiger partial charge in [0.15, 0.2) is 0 Å². The highest BCUT2D eigenvalue weighted by Gasteiger charge is 2.01. The van der Waals surface area contributed by atoms with Crippen LogP contribution < -0.4 is 15.8 Å². The highest BCUT2D eigenvalue weighted by molar-refractivity contribution is 5.45. The largest absolute Gasteiger partial charge is 0.383 e. The van der Waals surface area contributed by atoms with Gasteiger partial charge in [0.1, 0.15) is 0 Å². The smallest absolute Gasteiger partial charge is 0.268 e. The fourth-order valence-corrected chi connectivity index (χ4v) is 1.90. The van der Waals surface area contributed by atoms with Crippen LogP contribution in [0.15, 0.2) is 41.3 Å². The Morgan fingerprint density at radius 2 is 2.10 bits per heavy atom. The first kappa shape index (κ1) is 14.1. The molecule has 0 bridgehead atoms. The van der Waals surface area contributed by atoms with E-state index < -0.39 is 0 Å². The van der Waals surface area contributed by atoms with E-state index in [4.69, 9.17) is 0 Å². The highest BCUT2D eigenvalue weighted by atomic mass is 16.1. The molecule has 0 saturated heterocycles. The molecule has 0 unspecified atom stereocenters. The molecule has 0 spiro atoms. The normalized spacial score (nSPS) is 10.3. The third-order valence-electron chi connectivity index (χ3n) is 3.04. The van der Waals surface area contributed by atoms with Gasteiger partial charge in [-0.1, -0.05) is 12.1 Å². The molecule has 0 fully saturated rings. The molecule has 0 amide bonds. The van der Waals surface area contributed by atoms with E-state index in [9.17, 15) is 4.79 Å². The van der Waals surface area contributed by atoms with Crippen LogP contribution in [0.2, 0.25) is 0 Å². The summed E-state index contributed by atoms with van der Waals surface area (Å²) in [5, 5.41) is 7.46. The lowest BCUT2D eigenvalue weighted by atomic mass is 10.2. The minimum absolute atomic E-state index is 0.0813. The maximum atomic E-state index is 11.9. The zero-order chi connectivity index (χ0) is 14.5. The molecule has 5 heteroatoms. The topological polar surface area (TPSA) is 50.2 Å². The Morgan fingerprint density at radius 1 is 1.30 bits per heavy atom. The van der Waals surface area contributed by atoms with Crippen LogP contribution in [-0.2, 0) is 6.54 Å². The van der Waals surface area contributed by atoms with Gasteiger partial charge in [0.05, 0.1) is 18.4 Å². The lowest BCUT2D eigenvalue weighted by molar-refractivity contribution is 0.597. The molecule has 1 aromatic heterocycles. The van der Waals surface area contributed by atoms with Gasteiger partial charge in [-0.05, 0) is 24.6 Å². The van der Waals surface area contributed by atoms with E-state index in [0.717, 1.165) is 11.4 Å². The molecule has 0 saturated carbocycles. The third-order valence-corrected chi connectivity index (χ3v) is 3.04. The van der Waals surface area contributed by atoms with E-state index in [2.05, 4.69) is 29.5 Å². The van der Waals surface area contributed by atoms with Crippen molar-refractivity contribution in [2.45, 2.75) is 13.5 Å². The number of aromatic nitrogens is 2. The van der Waals surface area contributed by atoms with Gasteiger partial charge < -0.3 is 10.2 Å². The maximum absolute atomic E-state index is 11.9. The summed E-state index contributed by atoms with van der Waals surface area (Å²) >= 11 is 0. The minimum atomic E-state index is -0.0813. The second-order valence-electron chi connectivity index (χ2n) is 4.97. The van der Waals surface area contributed by atoms with Crippen LogP contribution >= 0.6 is 0 Å². The molecule has 0 aliphatic carbocycles. The SMILES string of the molecule is Cc1cccc(NCCn2ncc(N(C)C)cc2=O)c1. The first-order valence-corrected chi connectivity index (χ1v) is 6.61. The minimum Gasteiger partial charge on any atom is -0.383 e. The van der Waals surface area contributed by atoms with Gasteiger partial charge in [-0.2, -0.15) is 5.10 Å². The number of rotatable bonds is 5. The standard InChI is InChI=1S/C15H20N4O/c1-12-5-4-6-13(9-12)16-7-8-19-15(20)10-14(11-17-19)18(2)3/h4-6,9-11,16H,7-8H2,1-3H3. The van der Waals surface area contributed by atoms with Crippen molar-refractivity contribution in [3.05, 3.63) is 52.4 Å². The van der Waals surface area contributed by atoms with Crippen LogP contribution in [0.4, 0.5) is 11.4 Å². The van der Waals surface area contributed by atoms with Crippen molar-refractivity contribution in [2.75, 3.05) is 30.9 Å². The average molecular weight is 272 g/mol. The van der Waals surface area contributed by atoms with Crippen molar-refractivity contribution in [2.24, 2.45) is 0 Å². The number of benzene rings is 1. The van der Waals surface area contributed by atoms with Crippen molar-refractivity contribution in [1.82, 2.24) is 9.78 Å². The average Bonchev–Trinajstić information content (AvgIpc) is 2.40. The first-order valence-electron chi connectivity index (χ1n) is 6.61. The quantitative estimate of drug-likeness (QED) is 0.900. The second kappa shape index (κ2) is 6.23. The Kier molecular flexibility index (Phi) is 4.40. The van der Waals surface area contributed by atoms with Gasteiger partial charge in [0.25, 0.3) is 5.56 Å². The fraction of sp³-hybridized carbons (Fsp3) is 0.333. The zero-order valence-corrected chi connectivity index (χ0v) is 12.1. The predicted molar refractivity (Wildman–Crippen MR) is 82.5 cm³/mol. The second-order valence-corrected chi connectivity index (χ2v) is 4.97. The van der Waals surface area contributed by atoms with Gasteiger partial charge in [0, 0.05) is 32.4 Å². The van der Waals surface area contributed by atoms with E-state index in [-0.39, 0.29) is 5.56 Å². The summed E-state index contributed by atoms with van der Waals surface area (Å²) in [6, 6.07) is 9.74. The molecule has 1 N–H and O–H groups in total. The number of anilines is 2. The molecule has 2 rings (SSSR count). The van der Waals surface area contributed by atoms with Crippen LogP contribution in [0, 0.1) is 6.92 Å². The third kappa shape index (κ3) is 3.60. The van der Waals surface area contributed by atoms with Crippen LogP contribution in [-0.4, -0.2) is 30.4 Å². The maximum Gasteiger partial charge on any atom is 0.268 e. The molecule has 2 aromatic rings. The summed E-state index contributed by atoms with van der Waals surface area (Å²) in [5.41, 5.74) is 3.00. The Bertz CT molecular complexity index is 634. The summed E-state index contributed by atoms with van der Waals surface area (Å²) in [5.74, 6) is 0. The van der Waals surface area contributed by atoms with Crippen molar-refractivity contribution in [3.8, 4) is 0 Å². The molecule has 1 aromatic carbocycles. The molecule has 5 nitrogen and oxygen atoms in total. The molecule has 106 valence electrons. The van der Waals surface area contributed by atoms with E-state index in [1.165, 1.54) is 10.2 Å². The number of aryl methyl sites for hydroxylation is 1. The molecule has 20 heavy (non-hydrogen) atoms. The van der Waals surface area contributed by atoms with Crippen LogP contribution in [0.3, 0.4) is 0 Å². The van der Waals surface area contributed by atoms with Crippen molar-refractivity contribution in [3.63, 3.8) is 0 Å². The van der Waals surface area contributed by atoms with Gasteiger partial charge in [-0.25, -0.2) is 4.68 Å². The number of hydrogen-bond acceptors (Lipinski definition) is 4. The van der Waals surface area contributed by atoms with Gasteiger partial charge in [-0.15, -0.1) is 0 Å². The van der Waals surface area contributed by atoms with Crippen LogP contribution in [0.5, 0.6) is 0 Å². The molecule has 0 aliphatic heterocycles. The summed E-state index contributed by atoms with van der Waals surface area (Å²) in [6.07, 6.45) is 1.70. The first-order chi connectivity index (χ1) is 9.56. The van der Waals surface area contributed by atoms with E-state index in [1.54, 1.807) is 12.3 Å². The summed E-state index contributed by atoms with van der Waals surface area (Å²) in [6.45, 7) is 3.26. The Labute approximate surface area is 118 Å². The predicted octanol–water partition coefficient (Wildman–Crippen LogP) is 1.73. The van der Waals surface area contributed by atoms with Crippen LogP contribution in [0.25, 0.3) is 0 Å². The van der Waals surface area contributed by atoms with Gasteiger partial charge >= 0.3 is 0 Å². The lowest BCUT2D eigenvalue weighted by Gasteiger charge is -2.13. The molecule has 0 atom stereocenters. The number of hydrogen-bond donors (Lipinski definition) is 1. The monoisotopic (exact) mass is 272 g/mol. The Morgan fingerprint density at radius 3 is 2.75 bits per heavy atom. The zero-order valence-electron chi connectivity index (χ0n) is 12.1. The van der Waals surface area contributed by atoms with Gasteiger partial charge in [-0.3, -0.25) is 4.79 Å². The molecular formula is C15H20N4O. The van der Waals surface area contributed by atoms with Gasteiger partial charge in [0.2, 0.25) is 0 Å². The number of nitrogens with zero attached hydrogens (tertiary/aromatic N) is 3. The Balaban J connectivity index is 1.96. The van der Waals surface area contributed by atoms with Crippen molar-refractivity contribution >= 4 is 11.4 Å². The summed E-state index contributed by atoms with van der Waals surface area (Å²) < 4.78 is 1.47. The Hall–Kier alpha value is -2.30. The summed E-state index contributed by atoms with van der Waals surface area (Å²) in [4.78, 5) is 13.8. The molecule has 0 radical (unpaired) electrons. The summed E-state index contributed by atoms with van der Waals surface area (Å²) in [7, 11) is 3.78. The van der Waals surface area contributed by atoms with E-state index in [0.29, 0.717) is 13.1 Å². The van der Waals surface area contributed by atoms with E-state index in [1.807, 2.05) is 31.1 Å². The van der Waals surface area contributed by atoms with Crippen LogP contribution in [0.1, 0.15) is 5.56 Å². The highest BCUT2D eigenvalue weighted by Crippen LogP contribution is 2.09. The van der Waals surface area contributed by atoms with Crippen molar-refractivity contribution in [1.29, 1.82) is 0 Å². The fourth-order valence-electron chi connectivity index (χ4n) is 1.90.